The van der Waals surface area contributed by atoms with Crippen molar-refractivity contribution in [2.45, 2.75) is 0 Å². The lowest BCUT2D eigenvalue weighted by Gasteiger charge is -2.35. The molecule has 0 radical (unpaired) electrons. The van der Waals surface area contributed by atoms with Crippen LogP contribution >= 0.6 is 0 Å². The van der Waals surface area contributed by atoms with Crippen LogP contribution in [0.2, 0.25) is 0 Å². The number of piperazine rings is 1. The van der Waals surface area contributed by atoms with Crippen LogP contribution in [0.5, 0.6) is 5.75 Å². The fourth-order valence-electron chi connectivity index (χ4n) is 2.99. The molecule has 1 aromatic carbocycles. The SMILES string of the molecule is O=C(COc1cccc(F)c1)N1CCN(C(=O)C(=O)N2CCOCC2)CC1. The van der Waals surface area contributed by atoms with E-state index in [-0.39, 0.29) is 18.3 Å². The highest BCUT2D eigenvalue weighted by atomic mass is 19.1. The third-order valence-electron chi connectivity index (χ3n) is 4.56. The highest BCUT2D eigenvalue weighted by Crippen LogP contribution is 2.12. The third kappa shape index (κ3) is 4.94. The smallest absolute Gasteiger partial charge is 0.312 e. The Labute approximate surface area is 156 Å². The van der Waals surface area contributed by atoms with Gasteiger partial charge in [-0.2, -0.15) is 0 Å². The molecule has 0 saturated carbocycles. The highest BCUT2D eigenvalue weighted by molar-refractivity contribution is 6.34. The molecule has 8 nitrogen and oxygen atoms in total. The standard InChI is InChI=1S/C18H22FN3O5/c19-14-2-1-3-15(12-14)27-13-16(23)20-4-6-21(7-5-20)17(24)18(25)22-8-10-26-11-9-22/h1-3,12H,4-11,13H2. The van der Waals surface area contributed by atoms with Gasteiger partial charge in [-0.25, -0.2) is 4.39 Å². The van der Waals surface area contributed by atoms with E-state index in [4.69, 9.17) is 9.47 Å². The van der Waals surface area contributed by atoms with Crippen molar-refractivity contribution >= 4 is 17.7 Å². The molecule has 0 atom stereocenters. The molecule has 2 fully saturated rings. The van der Waals surface area contributed by atoms with E-state index in [0.717, 1.165) is 0 Å². The summed E-state index contributed by atoms with van der Waals surface area (Å²) in [6.07, 6.45) is 0. The van der Waals surface area contributed by atoms with E-state index < -0.39 is 17.6 Å². The number of rotatable bonds is 3. The van der Waals surface area contributed by atoms with Crippen LogP contribution in [0.4, 0.5) is 4.39 Å². The summed E-state index contributed by atoms with van der Waals surface area (Å²) in [7, 11) is 0. The number of carbonyl (C=O) groups is 3. The van der Waals surface area contributed by atoms with Gasteiger partial charge in [-0.1, -0.05) is 6.07 Å². The Hall–Kier alpha value is -2.68. The number of hydrogen-bond acceptors (Lipinski definition) is 5. The van der Waals surface area contributed by atoms with E-state index in [1.165, 1.54) is 28.0 Å². The lowest BCUT2D eigenvalue weighted by atomic mass is 10.3. The second-order valence-electron chi connectivity index (χ2n) is 6.32. The Morgan fingerprint density at radius 2 is 1.52 bits per heavy atom. The van der Waals surface area contributed by atoms with Gasteiger partial charge in [0.1, 0.15) is 11.6 Å². The number of amides is 3. The van der Waals surface area contributed by atoms with Crippen LogP contribution in [0.25, 0.3) is 0 Å². The number of benzene rings is 1. The average molecular weight is 379 g/mol. The highest BCUT2D eigenvalue weighted by Gasteiger charge is 2.31. The van der Waals surface area contributed by atoms with Crippen LogP contribution in [0.3, 0.4) is 0 Å². The Bertz CT molecular complexity index is 700. The molecule has 0 bridgehead atoms. The van der Waals surface area contributed by atoms with Crippen molar-refractivity contribution in [2.75, 3.05) is 59.1 Å². The second-order valence-corrected chi connectivity index (χ2v) is 6.32. The summed E-state index contributed by atoms with van der Waals surface area (Å²) >= 11 is 0. The number of carbonyl (C=O) groups excluding carboxylic acids is 3. The van der Waals surface area contributed by atoms with Crippen molar-refractivity contribution in [3.05, 3.63) is 30.1 Å². The molecule has 2 heterocycles. The van der Waals surface area contributed by atoms with E-state index in [0.29, 0.717) is 52.5 Å². The number of hydrogen-bond donors (Lipinski definition) is 0. The Morgan fingerprint density at radius 3 is 2.15 bits per heavy atom. The molecule has 27 heavy (non-hydrogen) atoms. The molecule has 9 heteroatoms. The maximum absolute atomic E-state index is 13.1. The number of nitrogens with zero attached hydrogens (tertiary/aromatic N) is 3. The first-order valence-corrected chi connectivity index (χ1v) is 8.86. The second kappa shape index (κ2) is 8.81. The molecule has 2 aliphatic rings. The van der Waals surface area contributed by atoms with Gasteiger partial charge in [0.25, 0.3) is 5.91 Å². The maximum Gasteiger partial charge on any atom is 0.312 e. The first-order chi connectivity index (χ1) is 13.0. The quantitative estimate of drug-likeness (QED) is 0.676. The van der Waals surface area contributed by atoms with E-state index >= 15 is 0 Å². The first kappa shape index (κ1) is 19.1. The molecule has 0 N–H and O–H groups in total. The zero-order chi connectivity index (χ0) is 19.2. The fourth-order valence-corrected chi connectivity index (χ4v) is 2.99. The molecule has 3 amide bonds. The molecule has 2 saturated heterocycles. The number of morpholine rings is 1. The van der Waals surface area contributed by atoms with Crippen LogP contribution in [-0.4, -0.2) is 91.5 Å². The zero-order valence-electron chi connectivity index (χ0n) is 14.9. The van der Waals surface area contributed by atoms with Crippen LogP contribution < -0.4 is 4.74 Å². The first-order valence-electron chi connectivity index (χ1n) is 8.86. The lowest BCUT2D eigenvalue weighted by Crippen LogP contribution is -2.56. The minimum atomic E-state index is -0.542. The van der Waals surface area contributed by atoms with Gasteiger partial charge >= 0.3 is 11.8 Å². The van der Waals surface area contributed by atoms with E-state index in [1.54, 1.807) is 11.0 Å². The Kier molecular flexibility index (Phi) is 6.23. The molecule has 0 unspecified atom stereocenters. The van der Waals surface area contributed by atoms with Crippen molar-refractivity contribution in [3.63, 3.8) is 0 Å². The maximum atomic E-state index is 13.1. The fraction of sp³-hybridized carbons (Fsp3) is 0.500. The summed E-state index contributed by atoms with van der Waals surface area (Å²) in [4.78, 5) is 41.4. The summed E-state index contributed by atoms with van der Waals surface area (Å²) < 4.78 is 23.6. The minimum Gasteiger partial charge on any atom is -0.484 e. The predicted octanol–water partition coefficient (Wildman–Crippen LogP) is -0.266. The third-order valence-corrected chi connectivity index (χ3v) is 4.56. The van der Waals surface area contributed by atoms with Crippen LogP contribution in [-0.2, 0) is 19.1 Å². The van der Waals surface area contributed by atoms with Gasteiger partial charge in [0, 0.05) is 45.3 Å². The van der Waals surface area contributed by atoms with Crippen molar-refractivity contribution in [3.8, 4) is 5.75 Å². The van der Waals surface area contributed by atoms with Gasteiger partial charge in [-0.15, -0.1) is 0 Å². The van der Waals surface area contributed by atoms with Crippen LogP contribution in [0, 0.1) is 5.82 Å². The Balaban J connectivity index is 1.44. The van der Waals surface area contributed by atoms with E-state index in [1.807, 2.05) is 0 Å². The number of ether oxygens (including phenoxy) is 2. The molecule has 3 rings (SSSR count). The predicted molar refractivity (Wildman–Crippen MR) is 92.5 cm³/mol. The minimum absolute atomic E-state index is 0.204. The van der Waals surface area contributed by atoms with Crippen LogP contribution in [0.1, 0.15) is 0 Å². The van der Waals surface area contributed by atoms with Crippen molar-refractivity contribution < 1.29 is 28.2 Å². The zero-order valence-corrected chi connectivity index (χ0v) is 14.9. The van der Waals surface area contributed by atoms with Crippen molar-refractivity contribution in [2.24, 2.45) is 0 Å². The van der Waals surface area contributed by atoms with Gasteiger partial charge in [-0.3, -0.25) is 14.4 Å². The molecular weight excluding hydrogens is 357 g/mol. The molecule has 0 aliphatic carbocycles. The summed E-state index contributed by atoms with van der Waals surface area (Å²) in [5.41, 5.74) is 0. The Morgan fingerprint density at radius 1 is 0.926 bits per heavy atom. The largest absolute Gasteiger partial charge is 0.484 e. The average Bonchev–Trinajstić information content (AvgIpc) is 2.72. The summed E-state index contributed by atoms with van der Waals surface area (Å²) in [6.45, 7) is 2.74. The number of halogens is 1. The van der Waals surface area contributed by atoms with Crippen LogP contribution in [0.15, 0.2) is 24.3 Å². The molecular formula is C18H22FN3O5. The summed E-state index contributed by atoms with van der Waals surface area (Å²) in [5, 5.41) is 0. The molecule has 2 aliphatic heterocycles. The monoisotopic (exact) mass is 379 g/mol. The van der Waals surface area contributed by atoms with Gasteiger partial charge in [0.2, 0.25) is 0 Å². The normalized spacial score (nSPS) is 17.6. The van der Waals surface area contributed by atoms with Gasteiger partial charge in [0.05, 0.1) is 13.2 Å². The molecule has 0 aromatic heterocycles. The van der Waals surface area contributed by atoms with E-state index in [2.05, 4.69) is 0 Å². The molecule has 0 spiro atoms. The van der Waals surface area contributed by atoms with Gasteiger partial charge in [0.15, 0.2) is 6.61 Å². The topological polar surface area (TPSA) is 79.4 Å². The van der Waals surface area contributed by atoms with Crippen molar-refractivity contribution in [1.29, 1.82) is 0 Å². The van der Waals surface area contributed by atoms with Gasteiger partial charge < -0.3 is 24.2 Å². The molecule has 146 valence electrons. The summed E-state index contributed by atoms with van der Waals surface area (Å²) in [5.74, 6) is -1.45. The molecule has 1 aromatic rings. The van der Waals surface area contributed by atoms with E-state index in [9.17, 15) is 18.8 Å². The summed E-state index contributed by atoms with van der Waals surface area (Å²) in [6, 6.07) is 5.58. The van der Waals surface area contributed by atoms with Crippen molar-refractivity contribution in [1.82, 2.24) is 14.7 Å². The lowest BCUT2D eigenvalue weighted by molar-refractivity contribution is -0.155. The van der Waals surface area contributed by atoms with Gasteiger partial charge in [-0.05, 0) is 12.1 Å².